The molecule has 6 N–H and O–H groups in total. The SMILES string of the molecule is Cc1ccccc1N(C)c1ccc(NCC(=O)Nc2ccc(C#Cc3ccc(C(=O)N[C@H](C(=O)NO)[C@@H](C)O)cc3)cc2)cc1. The molecule has 0 aliphatic rings. The van der Waals surface area contributed by atoms with Gasteiger partial charge in [-0.3, -0.25) is 19.6 Å². The lowest BCUT2D eigenvalue weighted by Crippen LogP contribution is -2.51. The predicted octanol–water partition coefficient (Wildman–Crippen LogP) is 4.20. The van der Waals surface area contributed by atoms with Crippen LogP contribution in [-0.4, -0.2) is 53.8 Å². The lowest BCUT2D eigenvalue weighted by atomic mass is 10.1. The van der Waals surface area contributed by atoms with E-state index in [9.17, 15) is 19.5 Å². The Balaban J connectivity index is 1.26. The van der Waals surface area contributed by atoms with Gasteiger partial charge in [0.15, 0.2) is 0 Å². The third kappa shape index (κ3) is 8.93. The van der Waals surface area contributed by atoms with Gasteiger partial charge in [0.25, 0.3) is 11.8 Å². The van der Waals surface area contributed by atoms with E-state index in [0.717, 1.165) is 22.6 Å². The lowest BCUT2D eigenvalue weighted by molar-refractivity contribution is -0.133. The summed E-state index contributed by atoms with van der Waals surface area (Å²) in [5, 5.41) is 26.9. The summed E-state index contributed by atoms with van der Waals surface area (Å²) in [5.74, 6) is 4.36. The molecule has 4 rings (SSSR count). The number of nitrogens with zero attached hydrogens (tertiary/aromatic N) is 1. The summed E-state index contributed by atoms with van der Waals surface area (Å²) >= 11 is 0. The van der Waals surface area contributed by atoms with Crippen LogP contribution in [0.25, 0.3) is 0 Å². The average Bonchev–Trinajstić information content (AvgIpc) is 3.05. The van der Waals surface area contributed by atoms with Gasteiger partial charge in [-0.2, -0.15) is 0 Å². The van der Waals surface area contributed by atoms with Crippen molar-refractivity contribution in [3.8, 4) is 11.8 Å². The van der Waals surface area contributed by atoms with Crippen molar-refractivity contribution in [2.75, 3.05) is 29.1 Å². The fourth-order valence-corrected chi connectivity index (χ4v) is 4.45. The fraction of sp³-hybridized carbons (Fsp3) is 0.171. The number of aliphatic hydroxyl groups is 1. The zero-order chi connectivity index (χ0) is 32.3. The number of carbonyl (C=O) groups excluding carboxylic acids is 3. The van der Waals surface area contributed by atoms with Crippen molar-refractivity contribution in [3.63, 3.8) is 0 Å². The Morgan fingerprint density at radius 2 is 1.40 bits per heavy atom. The Labute approximate surface area is 262 Å². The summed E-state index contributed by atoms with van der Waals surface area (Å²) in [5.41, 5.74) is 7.92. The molecule has 0 radical (unpaired) electrons. The molecule has 4 aromatic rings. The van der Waals surface area contributed by atoms with Crippen LogP contribution in [0.2, 0.25) is 0 Å². The summed E-state index contributed by atoms with van der Waals surface area (Å²) < 4.78 is 0. The summed E-state index contributed by atoms with van der Waals surface area (Å²) in [6.07, 6.45) is -1.21. The second-order valence-electron chi connectivity index (χ2n) is 10.4. The first-order valence-corrected chi connectivity index (χ1v) is 14.2. The van der Waals surface area contributed by atoms with Gasteiger partial charge in [0, 0.05) is 46.5 Å². The lowest BCUT2D eigenvalue weighted by Gasteiger charge is -2.22. The van der Waals surface area contributed by atoms with E-state index in [-0.39, 0.29) is 18.0 Å². The van der Waals surface area contributed by atoms with Gasteiger partial charge >= 0.3 is 0 Å². The first kappa shape index (κ1) is 32.3. The van der Waals surface area contributed by atoms with E-state index < -0.39 is 24.0 Å². The van der Waals surface area contributed by atoms with E-state index in [1.54, 1.807) is 48.5 Å². The maximum Gasteiger partial charge on any atom is 0.268 e. The van der Waals surface area contributed by atoms with E-state index in [1.807, 2.05) is 43.4 Å². The van der Waals surface area contributed by atoms with Crippen molar-refractivity contribution >= 4 is 40.5 Å². The van der Waals surface area contributed by atoms with Crippen LogP contribution in [0.15, 0.2) is 97.1 Å². The maximum atomic E-state index is 12.5. The van der Waals surface area contributed by atoms with Gasteiger partial charge < -0.3 is 26.0 Å². The molecular weight excluding hydrogens is 570 g/mol. The molecule has 2 atom stereocenters. The van der Waals surface area contributed by atoms with Crippen molar-refractivity contribution in [2.45, 2.75) is 26.0 Å². The van der Waals surface area contributed by atoms with Crippen molar-refractivity contribution in [2.24, 2.45) is 0 Å². The average molecular weight is 606 g/mol. The summed E-state index contributed by atoms with van der Waals surface area (Å²) in [4.78, 5) is 38.7. The number of hydrogen-bond acceptors (Lipinski definition) is 7. The highest BCUT2D eigenvalue weighted by molar-refractivity contribution is 5.97. The van der Waals surface area contributed by atoms with E-state index >= 15 is 0 Å². The molecule has 10 heteroatoms. The zero-order valence-electron chi connectivity index (χ0n) is 25.2. The third-order valence-corrected chi connectivity index (χ3v) is 7.01. The van der Waals surface area contributed by atoms with E-state index in [4.69, 9.17) is 5.21 Å². The van der Waals surface area contributed by atoms with Gasteiger partial charge in [-0.05, 0) is 98.3 Å². The Bertz CT molecular complexity index is 1690. The molecule has 45 heavy (non-hydrogen) atoms. The third-order valence-electron chi connectivity index (χ3n) is 7.01. The highest BCUT2D eigenvalue weighted by Gasteiger charge is 2.25. The van der Waals surface area contributed by atoms with Crippen molar-refractivity contribution < 1.29 is 24.7 Å². The van der Waals surface area contributed by atoms with Crippen molar-refractivity contribution in [1.29, 1.82) is 0 Å². The fourth-order valence-electron chi connectivity index (χ4n) is 4.45. The van der Waals surface area contributed by atoms with Gasteiger partial charge in [-0.1, -0.05) is 30.0 Å². The summed E-state index contributed by atoms with van der Waals surface area (Å²) in [6, 6.07) is 28.3. The molecule has 0 saturated heterocycles. The van der Waals surface area contributed by atoms with Crippen LogP contribution in [0.1, 0.15) is 34.0 Å². The van der Waals surface area contributed by atoms with E-state index in [1.165, 1.54) is 18.0 Å². The van der Waals surface area contributed by atoms with Gasteiger partial charge in [0.1, 0.15) is 6.04 Å². The molecule has 0 heterocycles. The number of benzene rings is 4. The van der Waals surface area contributed by atoms with Gasteiger partial charge in [0.2, 0.25) is 5.91 Å². The summed E-state index contributed by atoms with van der Waals surface area (Å²) in [7, 11) is 2.02. The Morgan fingerprint density at radius 3 is 1.98 bits per heavy atom. The molecule has 230 valence electrons. The number of anilines is 4. The molecule has 0 aliphatic heterocycles. The second kappa shape index (κ2) is 15.2. The second-order valence-corrected chi connectivity index (χ2v) is 10.4. The van der Waals surface area contributed by atoms with E-state index in [2.05, 4.69) is 51.7 Å². The number of amides is 3. The minimum absolute atomic E-state index is 0.108. The monoisotopic (exact) mass is 605 g/mol. The van der Waals surface area contributed by atoms with Crippen molar-refractivity contribution in [3.05, 3.63) is 119 Å². The molecule has 3 amide bonds. The molecular formula is C35H35N5O5. The smallest absolute Gasteiger partial charge is 0.268 e. The van der Waals surface area contributed by atoms with Crippen LogP contribution in [-0.2, 0) is 9.59 Å². The quantitative estimate of drug-likeness (QED) is 0.0904. The van der Waals surface area contributed by atoms with Gasteiger partial charge in [0.05, 0.1) is 12.6 Å². The first-order chi connectivity index (χ1) is 21.6. The van der Waals surface area contributed by atoms with Crippen LogP contribution in [0.5, 0.6) is 0 Å². The number of aryl methyl sites for hydroxylation is 1. The first-order valence-electron chi connectivity index (χ1n) is 14.2. The summed E-state index contributed by atoms with van der Waals surface area (Å²) in [6.45, 7) is 3.51. The highest BCUT2D eigenvalue weighted by atomic mass is 16.5. The largest absolute Gasteiger partial charge is 0.391 e. The van der Waals surface area contributed by atoms with Crippen LogP contribution in [0, 0.1) is 18.8 Å². The normalized spacial score (nSPS) is 11.7. The highest BCUT2D eigenvalue weighted by Crippen LogP contribution is 2.27. The molecule has 0 fully saturated rings. The molecule has 0 spiro atoms. The molecule has 10 nitrogen and oxygen atoms in total. The molecule has 4 aromatic carbocycles. The van der Waals surface area contributed by atoms with Crippen LogP contribution < -0.4 is 26.3 Å². The number of nitrogens with one attached hydrogen (secondary N) is 4. The van der Waals surface area contributed by atoms with Gasteiger partial charge in [-0.15, -0.1) is 0 Å². The van der Waals surface area contributed by atoms with Crippen LogP contribution in [0.3, 0.4) is 0 Å². The number of hydrogen-bond donors (Lipinski definition) is 6. The van der Waals surface area contributed by atoms with E-state index in [0.29, 0.717) is 11.3 Å². The van der Waals surface area contributed by atoms with Gasteiger partial charge in [-0.25, -0.2) is 5.48 Å². The Hall–Kier alpha value is -5.63. The predicted molar refractivity (Wildman–Crippen MR) is 175 cm³/mol. The Kier molecular flexibility index (Phi) is 10.9. The minimum Gasteiger partial charge on any atom is -0.391 e. The van der Waals surface area contributed by atoms with Crippen LogP contribution >= 0.6 is 0 Å². The standard InChI is InChI=1S/C35H35N5O5/c1-23-6-4-5-7-31(23)40(3)30-20-18-28(19-21-30)36-22-32(42)37-29-16-12-26(13-17-29)9-8-25-10-14-27(15-11-25)34(43)38-33(24(2)41)35(44)39-45/h4-7,10-21,24,33,36,41,45H,22H2,1-3H3,(H,37,42)(H,38,43)(H,39,44)/t24-,33+/m1/s1. The zero-order valence-corrected chi connectivity index (χ0v) is 25.2. The molecule has 0 unspecified atom stereocenters. The number of rotatable bonds is 10. The minimum atomic E-state index is -1.30. The molecule has 0 aliphatic carbocycles. The maximum absolute atomic E-state index is 12.5. The number of hydroxylamine groups is 1. The molecule has 0 saturated carbocycles. The number of aliphatic hydroxyl groups excluding tert-OH is 1. The number of carbonyl (C=O) groups is 3. The number of para-hydroxylation sites is 1. The molecule has 0 bridgehead atoms. The van der Waals surface area contributed by atoms with Crippen molar-refractivity contribution in [1.82, 2.24) is 10.8 Å². The van der Waals surface area contributed by atoms with Crippen LogP contribution in [0.4, 0.5) is 22.7 Å². The molecule has 0 aromatic heterocycles. The topological polar surface area (TPSA) is 143 Å². The Morgan fingerprint density at radius 1 is 0.822 bits per heavy atom.